The van der Waals surface area contributed by atoms with Crippen LogP contribution in [0.25, 0.3) is 0 Å². The third-order valence-electron chi connectivity index (χ3n) is 3.07. The molecule has 2 aromatic rings. The summed E-state index contributed by atoms with van der Waals surface area (Å²) in [7, 11) is -0.619. The molecule has 0 radical (unpaired) electrons. The maximum Gasteiger partial charge on any atom is 0.244 e. The van der Waals surface area contributed by atoms with Gasteiger partial charge in [-0.1, -0.05) is 6.07 Å². The Labute approximate surface area is 124 Å². The molecule has 1 aromatic heterocycles. The van der Waals surface area contributed by atoms with Gasteiger partial charge < -0.3 is 15.5 Å². The van der Waals surface area contributed by atoms with Crippen LogP contribution in [0.5, 0.6) is 0 Å². The SMILES string of the molecule is Cc1ccc(CNc2cccc(S(=O)(=O)N(C)C)c2N)o1. The molecule has 0 fully saturated rings. The molecule has 7 heteroatoms. The van der Waals surface area contributed by atoms with Crippen LogP contribution in [0.3, 0.4) is 0 Å². The fourth-order valence-corrected chi connectivity index (χ4v) is 2.91. The van der Waals surface area contributed by atoms with Crippen molar-refractivity contribution in [1.82, 2.24) is 4.31 Å². The van der Waals surface area contributed by atoms with Gasteiger partial charge in [-0.2, -0.15) is 0 Å². The average molecular weight is 309 g/mol. The van der Waals surface area contributed by atoms with E-state index in [1.54, 1.807) is 12.1 Å². The zero-order valence-corrected chi connectivity index (χ0v) is 13.1. The molecule has 0 aliphatic heterocycles. The second kappa shape index (κ2) is 5.79. The normalized spacial score (nSPS) is 11.8. The minimum absolute atomic E-state index is 0.0909. The highest BCUT2D eigenvalue weighted by Crippen LogP contribution is 2.28. The van der Waals surface area contributed by atoms with E-state index in [4.69, 9.17) is 10.2 Å². The number of hydrogen-bond donors (Lipinski definition) is 2. The molecule has 0 bridgehead atoms. The van der Waals surface area contributed by atoms with Crippen LogP contribution >= 0.6 is 0 Å². The van der Waals surface area contributed by atoms with Gasteiger partial charge in [0.25, 0.3) is 0 Å². The molecule has 1 heterocycles. The van der Waals surface area contributed by atoms with Crippen LogP contribution in [0.1, 0.15) is 11.5 Å². The van der Waals surface area contributed by atoms with Gasteiger partial charge in [0.05, 0.1) is 17.9 Å². The number of nitrogens with two attached hydrogens (primary N) is 1. The lowest BCUT2D eigenvalue weighted by atomic mass is 10.2. The molecular formula is C14H19N3O3S. The van der Waals surface area contributed by atoms with E-state index in [-0.39, 0.29) is 10.6 Å². The van der Waals surface area contributed by atoms with E-state index in [1.807, 2.05) is 19.1 Å². The Morgan fingerprint density at radius 3 is 2.52 bits per heavy atom. The van der Waals surface area contributed by atoms with Gasteiger partial charge in [0.2, 0.25) is 10.0 Å². The van der Waals surface area contributed by atoms with Crippen molar-refractivity contribution in [3.05, 3.63) is 41.9 Å². The van der Waals surface area contributed by atoms with E-state index in [2.05, 4.69) is 5.32 Å². The van der Waals surface area contributed by atoms with Crippen LogP contribution in [-0.4, -0.2) is 26.8 Å². The van der Waals surface area contributed by atoms with Gasteiger partial charge in [-0.05, 0) is 31.2 Å². The summed E-state index contributed by atoms with van der Waals surface area (Å²) in [5, 5.41) is 3.09. The van der Waals surface area contributed by atoms with Gasteiger partial charge in [0, 0.05) is 14.1 Å². The fraction of sp³-hybridized carbons (Fsp3) is 0.286. The number of sulfonamides is 1. The number of benzene rings is 1. The molecule has 114 valence electrons. The lowest BCUT2D eigenvalue weighted by molar-refractivity contribution is 0.490. The molecule has 1 aromatic carbocycles. The molecule has 0 saturated heterocycles. The first kappa shape index (κ1) is 15.4. The topological polar surface area (TPSA) is 88.6 Å². The zero-order chi connectivity index (χ0) is 15.6. The molecule has 0 amide bonds. The van der Waals surface area contributed by atoms with Crippen molar-refractivity contribution in [3.8, 4) is 0 Å². The summed E-state index contributed by atoms with van der Waals surface area (Å²) < 4.78 is 31.0. The van der Waals surface area contributed by atoms with Gasteiger partial charge in [0.1, 0.15) is 16.4 Å². The molecule has 0 saturated carbocycles. The molecule has 0 spiro atoms. The first-order chi connectivity index (χ1) is 9.82. The number of rotatable bonds is 5. The molecule has 0 atom stereocenters. The summed E-state index contributed by atoms with van der Waals surface area (Å²) in [4.78, 5) is 0.0909. The lowest BCUT2D eigenvalue weighted by Gasteiger charge is -2.16. The number of aryl methyl sites for hydroxylation is 1. The Kier molecular flexibility index (Phi) is 4.24. The van der Waals surface area contributed by atoms with Gasteiger partial charge in [-0.15, -0.1) is 0 Å². The molecule has 0 unspecified atom stereocenters. The van der Waals surface area contributed by atoms with Crippen LogP contribution in [0.4, 0.5) is 11.4 Å². The quantitative estimate of drug-likeness (QED) is 0.825. The second-order valence-electron chi connectivity index (χ2n) is 4.87. The van der Waals surface area contributed by atoms with Crippen molar-refractivity contribution in [2.24, 2.45) is 0 Å². The van der Waals surface area contributed by atoms with E-state index in [1.165, 1.54) is 20.2 Å². The summed E-state index contributed by atoms with van der Waals surface area (Å²) in [6.45, 7) is 2.30. The third kappa shape index (κ3) is 3.20. The first-order valence-electron chi connectivity index (χ1n) is 6.42. The van der Waals surface area contributed by atoms with E-state index >= 15 is 0 Å². The Morgan fingerprint density at radius 2 is 1.95 bits per heavy atom. The number of nitrogen functional groups attached to an aromatic ring is 1. The van der Waals surface area contributed by atoms with Gasteiger partial charge in [-0.3, -0.25) is 0 Å². The standard InChI is InChI=1S/C14H19N3O3S/c1-10-7-8-11(20-10)9-16-12-5-4-6-13(14(12)15)21(18,19)17(2)3/h4-8,16H,9,15H2,1-3H3. The van der Waals surface area contributed by atoms with Crippen LogP contribution < -0.4 is 11.1 Å². The van der Waals surface area contributed by atoms with E-state index in [0.29, 0.717) is 12.2 Å². The number of nitrogens with zero attached hydrogens (tertiary/aromatic N) is 1. The molecule has 0 aliphatic rings. The number of anilines is 2. The van der Waals surface area contributed by atoms with Gasteiger partial charge in [-0.25, -0.2) is 12.7 Å². The summed E-state index contributed by atoms with van der Waals surface area (Å²) in [5.41, 5.74) is 6.74. The number of furan rings is 1. The highest BCUT2D eigenvalue weighted by molar-refractivity contribution is 7.89. The molecular weight excluding hydrogens is 290 g/mol. The van der Waals surface area contributed by atoms with Crippen molar-refractivity contribution in [3.63, 3.8) is 0 Å². The monoisotopic (exact) mass is 309 g/mol. The minimum Gasteiger partial charge on any atom is -0.465 e. The highest BCUT2D eigenvalue weighted by atomic mass is 32.2. The largest absolute Gasteiger partial charge is 0.465 e. The van der Waals surface area contributed by atoms with E-state index < -0.39 is 10.0 Å². The summed E-state index contributed by atoms with van der Waals surface area (Å²) in [5.74, 6) is 1.58. The van der Waals surface area contributed by atoms with E-state index in [0.717, 1.165) is 15.8 Å². The van der Waals surface area contributed by atoms with Crippen molar-refractivity contribution >= 4 is 21.4 Å². The van der Waals surface area contributed by atoms with Crippen molar-refractivity contribution in [1.29, 1.82) is 0 Å². The van der Waals surface area contributed by atoms with Gasteiger partial charge >= 0.3 is 0 Å². The molecule has 6 nitrogen and oxygen atoms in total. The fourth-order valence-electron chi connectivity index (χ4n) is 1.88. The van der Waals surface area contributed by atoms with Crippen LogP contribution in [0.2, 0.25) is 0 Å². The molecule has 0 aliphatic carbocycles. The smallest absolute Gasteiger partial charge is 0.244 e. The predicted octanol–water partition coefficient (Wildman–Crippen LogP) is 2.03. The third-order valence-corrected chi connectivity index (χ3v) is 4.95. The predicted molar refractivity (Wildman–Crippen MR) is 82.5 cm³/mol. The number of hydrogen-bond acceptors (Lipinski definition) is 5. The van der Waals surface area contributed by atoms with Gasteiger partial charge in [0.15, 0.2) is 0 Å². The Morgan fingerprint density at radius 1 is 1.24 bits per heavy atom. The minimum atomic E-state index is -3.56. The number of para-hydroxylation sites is 1. The lowest BCUT2D eigenvalue weighted by Crippen LogP contribution is -2.23. The molecule has 21 heavy (non-hydrogen) atoms. The maximum atomic E-state index is 12.2. The van der Waals surface area contributed by atoms with Crippen LogP contribution in [0, 0.1) is 6.92 Å². The Bertz CT molecular complexity index is 736. The van der Waals surface area contributed by atoms with E-state index in [9.17, 15) is 8.42 Å². The Hall–Kier alpha value is -1.99. The Balaban J connectivity index is 2.26. The number of nitrogens with one attached hydrogen (secondary N) is 1. The first-order valence-corrected chi connectivity index (χ1v) is 7.86. The van der Waals surface area contributed by atoms with Crippen molar-refractivity contribution < 1.29 is 12.8 Å². The average Bonchev–Trinajstić information content (AvgIpc) is 2.83. The second-order valence-corrected chi connectivity index (χ2v) is 6.99. The van der Waals surface area contributed by atoms with Crippen molar-refractivity contribution in [2.45, 2.75) is 18.4 Å². The maximum absolute atomic E-state index is 12.2. The summed E-state index contributed by atoms with van der Waals surface area (Å²) >= 11 is 0. The van der Waals surface area contributed by atoms with Crippen molar-refractivity contribution in [2.75, 3.05) is 25.1 Å². The molecule has 2 rings (SSSR count). The zero-order valence-electron chi connectivity index (χ0n) is 12.3. The van der Waals surface area contributed by atoms with Crippen LogP contribution in [0.15, 0.2) is 39.6 Å². The summed E-state index contributed by atoms with van der Waals surface area (Å²) in [6, 6.07) is 8.61. The molecule has 3 N–H and O–H groups in total. The summed E-state index contributed by atoms with van der Waals surface area (Å²) in [6.07, 6.45) is 0. The van der Waals surface area contributed by atoms with Crippen LogP contribution in [-0.2, 0) is 16.6 Å². The highest BCUT2D eigenvalue weighted by Gasteiger charge is 2.21.